The Morgan fingerprint density at radius 2 is 1.63 bits per heavy atom. The maximum absolute atomic E-state index is 12.8. The summed E-state index contributed by atoms with van der Waals surface area (Å²) in [5.41, 5.74) is 1.24. The summed E-state index contributed by atoms with van der Waals surface area (Å²) in [5.74, 6) is 1.21. The van der Waals surface area contributed by atoms with Crippen LogP contribution in [0.1, 0.15) is 45.1 Å². The van der Waals surface area contributed by atoms with Crippen LogP contribution in [0.2, 0.25) is 0 Å². The minimum absolute atomic E-state index is 0.0332. The van der Waals surface area contributed by atoms with Crippen molar-refractivity contribution >= 4 is 11.8 Å². The Morgan fingerprint density at radius 3 is 2.26 bits per heavy atom. The third-order valence-electron chi connectivity index (χ3n) is 4.89. The van der Waals surface area contributed by atoms with E-state index in [0.717, 1.165) is 6.42 Å². The molecule has 6 heteroatoms. The van der Waals surface area contributed by atoms with Crippen LogP contribution in [0.3, 0.4) is 0 Å². The van der Waals surface area contributed by atoms with Gasteiger partial charge in [0.25, 0.3) is 5.91 Å². The molecule has 0 N–H and O–H groups in total. The Hall–Kier alpha value is -2.08. The summed E-state index contributed by atoms with van der Waals surface area (Å²) in [7, 11) is 1.59. The van der Waals surface area contributed by atoms with E-state index in [1.807, 2.05) is 29.2 Å². The first-order chi connectivity index (χ1) is 12.9. The van der Waals surface area contributed by atoms with Crippen LogP contribution in [0.4, 0.5) is 0 Å². The predicted molar refractivity (Wildman–Crippen MR) is 105 cm³/mol. The summed E-state index contributed by atoms with van der Waals surface area (Å²) >= 11 is 0. The second kappa shape index (κ2) is 10.3. The maximum Gasteiger partial charge on any atom is 0.263 e. The topological polar surface area (TPSA) is 59.1 Å². The highest BCUT2D eigenvalue weighted by atomic mass is 16.5. The van der Waals surface area contributed by atoms with Crippen LogP contribution in [0.15, 0.2) is 24.3 Å². The van der Waals surface area contributed by atoms with Gasteiger partial charge in [-0.1, -0.05) is 26.0 Å². The van der Waals surface area contributed by atoms with Gasteiger partial charge in [-0.3, -0.25) is 9.59 Å². The van der Waals surface area contributed by atoms with Gasteiger partial charge in [-0.05, 0) is 37.0 Å². The van der Waals surface area contributed by atoms with Crippen molar-refractivity contribution in [2.45, 2.75) is 45.6 Å². The van der Waals surface area contributed by atoms with E-state index in [9.17, 15) is 9.59 Å². The zero-order chi connectivity index (χ0) is 19.8. The predicted octanol–water partition coefficient (Wildman–Crippen LogP) is 2.67. The molecule has 1 saturated heterocycles. The van der Waals surface area contributed by atoms with Gasteiger partial charge in [-0.15, -0.1) is 0 Å². The van der Waals surface area contributed by atoms with Crippen molar-refractivity contribution in [2.24, 2.45) is 0 Å². The molecule has 1 aromatic rings. The molecule has 1 heterocycles. The third-order valence-corrected chi connectivity index (χ3v) is 4.89. The van der Waals surface area contributed by atoms with Crippen LogP contribution in [0.5, 0.6) is 5.75 Å². The summed E-state index contributed by atoms with van der Waals surface area (Å²) in [6, 6.07) is 7.90. The normalized spacial score (nSPS) is 16.2. The van der Waals surface area contributed by atoms with Gasteiger partial charge in [-0.25, -0.2) is 0 Å². The molecule has 0 radical (unpaired) electrons. The van der Waals surface area contributed by atoms with Crippen LogP contribution in [0.25, 0.3) is 0 Å². The Balaban J connectivity index is 1.87. The molecule has 1 unspecified atom stereocenters. The molecular formula is C21H32N2O4. The Bertz CT molecular complexity index is 615. The third kappa shape index (κ3) is 6.24. The summed E-state index contributed by atoms with van der Waals surface area (Å²) in [6.07, 6.45) is 0.613. The number of hydrogen-bond donors (Lipinski definition) is 0. The molecule has 150 valence electrons. The Labute approximate surface area is 162 Å². The molecule has 0 spiro atoms. The summed E-state index contributed by atoms with van der Waals surface area (Å²) in [4.78, 5) is 28.5. The van der Waals surface area contributed by atoms with Crippen LogP contribution in [-0.4, -0.2) is 67.6 Å². The molecule has 1 atom stereocenters. The largest absolute Gasteiger partial charge is 0.481 e. The number of carbonyl (C=O) groups is 2. The van der Waals surface area contributed by atoms with Crippen LogP contribution < -0.4 is 4.74 Å². The second-order valence-corrected chi connectivity index (χ2v) is 7.29. The molecule has 2 amide bonds. The van der Waals surface area contributed by atoms with Crippen LogP contribution in [-0.2, 0) is 14.3 Å². The molecule has 0 saturated carbocycles. The minimum atomic E-state index is -0.550. The van der Waals surface area contributed by atoms with E-state index in [4.69, 9.17) is 9.47 Å². The molecule has 6 nitrogen and oxygen atoms in total. The molecule has 2 rings (SSSR count). The molecule has 0 aromatic heterocycles. The van der Waals surface area contributed by atoms with E-state index < -0.39 is 6.10 Å². The fourth-order valence-corrected chi connectivity index (χ4v) is 3.18. The number of benzene rings is 1. The molecule has 0 aliphatic carbocycles. The molecule has 0 bridgehead atoms. The zero-order valence-electron chi connectivity index (χ0n) is 16.9. The molecule has 1 fully saturated rings. The number of amides is 2. The lowest BCUT2D eigenvalue weighted by atomic mass is 10.0. The lowest BCUT2D eigenvalue weighted by molar-refractivity contribution is -0.138. The lowest BCUT2D eigenvalue weighted by Crippen LogP contribution is -2.43. The standard InChI is InChI=1S/C21H32N2O4/c1-16(2)18-6-8-19(9-7-18)27-17(3)21(25)23-12-5-11-22(13-14-23)20(24)10-15-26-4/h6-9,16-17H,5,10-15H2,1-4H3. The SMILES string of the molecule is COCCC(=O)N1CCCN(C(=O)C(C)Oc2ccc(C(C)C)cc2)CC1. The van der Waals surface area contributed by atoms with E-state index in [1.54, 1.807) is 18.9 Å². The first kappa shape index (κ1) is 21.2. The molecule has 1 aliphatic heterocycles. The highest BCUT2D eigenvalue weighted by molar-refractivity contribution is 5.81. The van der Waals surface area contributed by atoms with Crippen molar-refractivity contribution < 1.29 is 19.1 Å². The van der Waals surface area contributed by atoms with Gasteiger partial charge in [0.15, 0.2) is 6.10 Å². The summed E-state index contributed by atoms with van der Waals surface area (Å²) in [5, 5.41) is 0. The number of nitrogens with zero attached hydrogens (tertiary/aromatic N) is 2. The van der Waals surface area contributed by atoms with Crippen molar-refractivity contribution in [2.75, 3.05) is 39.9 Å². The Morgan fingerprint density at radius 1 is 1.00 bits per heavy atom. The van der Waals surface area contributed by atoms with Gasteiger partial charge >= 0.3 is 0 Å². The smallest absolute Gasteiger partial charge is 0.263 e. The molecular weight excluding hydrogens is 344 g/mol. The van der Waals surface area contributed by atoms with E-state index in [2.05, 4.69) is 13.8 Å². The summed E-state index contributed by atoms with van der Waals surface area (Å²) < 4.78 is 10.8. The summed E-state index contributed by atoms with van der Waals surface area (Å²) in [6.45, 7) is 8.92. The van der Waals surface area contributed by atoms with Crippen LogP contribution >= 0.6 is 0 Å². The second-order valence-electron chi connectivity index (χ2n) is 7.29. The van der Waals surface area contributed by atoms with Crippen molar-refractivity contribution in [1.82, 2.24) is 9.80 Å². The van der Waals surface area contributed by atoms with Crippen molar-refractivity contribution in [3.05, 3.63) is 29.8 Å². The zero-order valence-corrected chi connectivity index (χ0v) is 16.9. The number of ether oxygens (including phenoxy) is 2. The van der Waals surface area contributed by atoms with E-state index in [0.29, 0.717) is 50.9 Å². The quantitative estimate of drug-likeness (QED) is 0.734. The number of methoxy groups -OCH3 is 1. The first-order valence-electron chi connectivity index (χ1n) is 9.74. The van der Waals surface area contributed by atoms with Gasteiger partial charge in [0.1, 0.15) is 5.75 Å². The number of rotatable bonds is 7. The van der Waals surface area contributed by atoms with E-state index in [-0.39, 0.29) is 11.8 Å². The average Bonchev–Trinajstić information content (AvgIpc) is 2.92. The van der Waals surface area contributed by atoms with Gasteiger partial charge in [-0.2, -0.15) is 0 Å². The van der Waals surface area contributed by atoms with Crippen molar-refractivity contribution in [3.63, 3.8) is 0 Å². The number of hydrogen-bond acceptors (Lipinski definition) is 4. The van der Waals surface area contributed by atoms with Crippen LogP contribution in [0, 0.1) is 0 Å². The van der Waals surface area contributed by atoms with Gasteiger partial charge in [0.2, 0.25) is 5.91 Å². The highest BCUT2D eigenvalue weighted by Crippen LogP contribution is 2.20. The first-order valence-corrected chi connectivity index (χ1v) is 9.74. The highest BCUT2D eigenvalue weighted by Gasteiger charge is 2.26. The number of carbonyl (C=O) groups excluding carboxylic acids is 2. The Kier molecular flexibility index (Phi) is 8.10. The lowest BCUT2D eigenvalue weighted by Gasteiger charge is -2.25. The average molecular weight is 376 g/mol. The molecule has 1 aliphatic rings. The molecule has 1 aromatic carbocycles. The molecule has 27 heavy (non-hydrogen) atoms. The minimum Gasteiger partial charge on any atom is -0.481 e. The van der Waals surface area contributed by atoms with Crippen molar-refractivity contribution in [3.8, 4) is 5.75 Å². The van der Waals surface area contributed by atoms with E-state index >= 15 is 0 Å². The van der Waals surface area contributed by atoms with Gasteiger partial charge in [0.05, 0.1) is 13.0 Å². The monoisotopic (exact) mass is 376 g/mol. The fraction of sp³-hybridized carbons (Fsp3) is 0.619. The fourth-order valence-electron chi connectivity index (χ4n) is 3.18. The maximum atomic E-state index is 12.8. The van der Waals surface area contributed by atoms with E-state index in [1.165, 1.54) is 5.56 Å². The van der Waals surface area contributed by atoms with Gasteiger partial charge < -0.3 is 19.3 Å². The van der Waals surface area contributed by atoms with Gasteiger partial charge in [0, 0.05) is 33.3 Å². The van der Waals surface area contributed by atoms with Crippen molar-refractivity contribution in [1.29, 1.82) is 0 Å².